The summed E-state index contributed by atoms with van der Waals surface area (Å²) in [6, 6.07) is 1.40. The zero-order valence-corrected chi connectivity index (χ0v) is 6.99. The molecule has 0 amide bonds. The van der Waals surface area contributed by atoms with Gasteiger partial charge in [-0.15, -0.1) is 0 Å². The third-order valence-electron chi connectivity index (χ3n) is 1.68. The molecule has 0 aliphatic rings. The smallest absolute Gasteiger partial charge is 0.128 e. The molecule has 0 bridgehead atoms. The molecule has 1 aromatic rings. The maximum absolute atomic E-state index is 8.80. The summed E-state index contributed by atoms with van der Waals surface area (Å²) in [6.45, 7) is 1.79. The Morgan fingerprint density at radius 1 is 1.67 bits per heavy atom. The van der Waals surface area contributed by atoms with Crippen LogP contribution in [0.15, 0.2) is 12.3 Å². The van der Waals surface area contributed by atoms with Crippen LogP contribution in [0.2, 0.25) is 0 Å². The normalized spacial score (nSPS) is 12.9. The fourth-order valence-corrected chi connectivity index (χ4v) is 0.998. The lowest BCUT2D eigenvalue weighted by atomic mass is 10.1. The lowest BCUT2D eigenvalue weighted by molar-refractivity contribution is 0.268. The van der Waals surface area contributed by atoms with Crippen molar-refractivity contribution < 1.29 is 5.11 Å². The topological polar surface area (TPSA) is 85.2 Å². The molecular formula is C8H13N3O. The van der Waals surface area contributed by atoms with E-state index in [9.17, 15) is 0 Å². The van der Waals surface area contributed by atoms with Crippen molar-refractivity contribution >= 4 is 5.82 Å². The molecule has 1 aromatic heterocycles. The van der Waals surface area contributed by atoms with Gasteiger partial charge >= 0.3 is 0 Å². The average Bonchev–Trinajstić information content (AvgIpc) is 2.08. The van der Waals surface area contributed by atoms with Gasteiger partial charge < -0.3 is 16.6 Å². The second-order valence-corrected chi connectivity index (χ2v) is 2.78. The van der Waals surface area contributed by atoms with E-state index in [1.165, 1.54) is 0 Å². The van der Waals surface area contributed by atoms with E-state index >= 15 is 0 Å². The molecule has 5 N–H and O–H groups in total. The SMILES string of the molecule is Cc1cnc(N)c(C(N)CO)c1. The van der Waals surface area contributed by atoms with E-state index in [0.717, 1.165) is 5.56 Å². The maximum Gasteiger partial charge on any atom is 0.128 e. The first-order valence-corrected chi connectivity index (χ1v) is 3.73. The first kappa shape index (κ1) is 8.96. The number of rotatable bonds is 2. The van der Waals surface area contributed by atoms with Crippen molar-refractivity contribution in [3.8, 4) is 0 Å². The number of anilines is 1. The standard InChI is InChI=1S/C8H13N3O/c1-5-2-6(7(9)4-12)8(10)11-3-5/h2-3,7,12H,4,9H2,1H3,(H2,10,11). The molecule has 0 aliphatic carbocycles. The molecule has 66 valence electrons. The van der Waals surface area contributed by atoms with Crippen molar-refractivity contribution in [2.45, 2.75) is 13.0 Å². The zero-order valence-electron chi connectivity index (χ0n) is 6.99. The molecule has 0 spiro atoms. The molecule has 4 nitrogen and oxygen atoms in total. The Morgan fingerprint density at radius 3 is 2.92 bits per heavy atom. The van der Waals surface area contributed by atoms with Crippen LogP contribution in [0.4, 0.5) is 5.82 Å². The summed E-state index contributed by atoms with van der Waals surface area (Å²) >= 11 is 0. The van der Waals surface area contributed by atoms with Gasteiger partial charge in [0.15, 0.2) is 0 Å². The van der Waals surface area contributed by atoms with Gasteiger partial charge in [0.25, 0.3) is 0 Å². The van der Waals surface area contributed by atoms with Crippen LogP contribution < -0.4 is 11.5 Å². The van der Waals surface area contributed by atoms with E-state index in [4.69, 9.17) is 16.6 Å². The highest BCUT2D eigenvalue weighted by Gasteiger charge is 2.08. The van der Waals surface area contributed by atoms with Gasteiger partial charge in [-0.05, 0) is 18.6 Å². The van der Waals surface area contributed by atoms with Crippen LogP contribution in [-0.4, -0.2) is 16.7 Å². The Morgan fingerprint density at radius 2 is 2.33 bits per heavy atom. The summed E-state index contributed by atoms with van der Waals surface area (Å²) in [5, 5.41) is 8.80. The molecular weight excluding hydrogens is 154 g/mol. The highest BCUT2D eigenvalue weighted by atomic mass is 16.3. The molecule has 0 fully saturated rings. The van der Waals surface area contributed by atoms with Crippen molar-refractivity contribution in [3.63, 3.8) is 0 Å². The Labute approximate surface area is 71.2 Å². The largest absolute Gasteiger partial charge is 0.394 e. The molecule has 1 unspecified atom stereocenters. The summed E-state index contributed by atoms with van der Waals surface area (Å²) < 4.78 is 0. The van der Waals surface area contributed by atoms with E-state index in [-0.39, 0.29) is 6.61 Å². The van der Waals surface area contributed by atoms with Crippen molar-refractivity contribution in [2.75, 3.05) is 12.3 Å². The van der Waals surface area contributed by atoms with E-state index in [1.807, 2.05) is 13.0 Å². The number of nitrogens with two attached hydrogens (primary N) is 2. The second kappa shape index (κ2) is 3.51. The number of aliphatic hydroxyl groups excluding tert-OH is 1. The highest BCUT2D eigenvalue weighted by molar-refractivity contribution is 5.42. The van der Waals surface area contributed by atoms with E-state index in [2.05, 4.69) is 4.98 Å². The van der Waals surface area contributed by atoms with Crippen LogP contribution in [0.1, 0.15) is 17.2 Å². The molecule has 0 radical (unpaired) electrons. The van der Waals surface area contributed by atoms with Crippen molar-refractivity contribution in [3.05, 3.63) is 23.4 Å². The van der Waals surface area contributed by atoms with Crippen LogP contribution in [0.5, 0.6) is 0 Å². The average molecular weight is 167 g/mol. The molecule has 0 saturated carbocycles. The second-order valence-electron chi connectivity index (χ2n) is 2.78. The number of pyridine rings is 1. The maximum atomic E-state index is 8.80. The Bertz CT molecular complexity index is 275. The van der Waals surface area contributed by atoms with E-state index < -0.39 is 6.04 Å². The Kier molecular flexibility index (Phi) is 2.62. The lowest BCUT2D eigenvalue weighted by Gasteiger charge is -2.10. The van der Waals surface area contributed by atoms with Gasteiger partial charge in [0.1, 0.15) is 5.82 Å². The number of hydrogen-bond donors (Lipinski definition) is 3. The molecule has 4 heteroatoms. The number of nitrogen functional groups attached to an aromatic ring is 1. The molecule has 0 aliphatic heterocycles. The third kappa shape index (κ3) is 1.72. The summed E-state index contributed by atoms with van der Waals surface area (Å²) in [6.07, 6.45) is 1.67. The number of hydrogen-bond acceptors (Lipinski definition) is 4. The fourth-order valence-electron chi connectivity index (χ4n) is 0.998. The minimum Gasteiger partial charge on any atom is -0.394 e. The number of aryl methyl sites for hydroxylation is 1. The van der Waals surface area contributed by atoms with Gasteiger partial charge in [0.2, 0.25) is 0 Å². The van der Waals surface area contributed by atoms with Gasteiger partial charge in [-0.2, -0.15) is 0 Å². The van der Waals surface area contributed by atoms with Crippen LogP contribution in [0.3, 0.4) is 0 Å². The van der Waals surface area contributed by atoms with Gasteiger partial charge in [-0.3, -0.25) is 0 Å². The first-order valence-electron chi connectivity index (χ1n) is 3.73. The van der Waals surface area contributed by atoms with E-state index in [1.54, 1.807) is 6.20 Å². The van der Waals surface area contributed by atoms with Crippen LogP contribution >= 0.6 is 0 Å². The zero-order chi connectivity index (χ0) is 9.14. The first-order chi connectivity index (χ1) is 5.65. The molecule has 1 atom stereocenters. The highest BCUT2D eigenvalue weighted by Crippen LogP contribution is 2.16. The quantitative estimate of drug-likeness (QED) is 0.577. The number of nitrogens with zero attached hydrogens (tertiary/aromatic N) is 1. The summed E-state index contributed by atoms with van der Waals surface area (Å²) in [5.41, 5.74) is 12.9. The lowest BCUT2D eigenvalue weighted by Crippen LogP contribution is -2.17. The van der Waals surface area contributed by atoms with Crippen LogP contribution in [-0.2, 0) is 0 Å². The minimum atomic E-state index is -0.433. The van der Waals surface area contributed by atoms with Crippen molar-refractivity contribution in [1.29, 1.82) is 0 Å². The predicted molar refractivity (Wildman–Crippen MR) is 47.4 cm³/mol. The summed E-state index contributed by atoms with van der Waals surface area (Å²) in [4.78, 5) is 3.93. The van der Waals surface area contributed by atoms with Crippen LogP contribution in [0, 0.1) is 6.92 Å². The number of aromatic nitrogens is 1. The third-order valence-corrected chi connectivity index (χ3v) is 1.68. The molecule has 1 rings (SSSR count). The van der Waals surface area contributed by atoms with Crippen LogP contribution in [0.25, 0.3) is 0 Å². The van der Waals surface area contributed by atoms with Crippen molar-refractivity contribution in [2.24, 2.45) is 5.73 Å². The Balaban J connectivity index is 3.04. The van der Waals surface area contributed by atoms with Gasteiger partial charge in [-0.1, -0.05) is 0 Å². The summed E-state index contributed by atoms with van der Waals surface area (Å²) in [5.74, 6) is 0.391. The molecule has 0 aromatic carbocycles. The van der Waals surface area contributed by atoms with Crippen molar-refractivity contribution in [1.82, 2.24) is 4.98 Å². The van der Waals surface area contributed by atoms with E-state index in [0.29, 0.717) is 11.4 Å². The summed E-state index contributed by atoms with van der Waals surface area (Å²) in [7, 11) is 0. The number of aliphatic hydroxyl groups is 1. The van der Waals surface area contributed by atoms with Gasteiger partial charge in [0.05, 0.1) is 12.6 Å². The molecule has 0 saturated heterocycles. The van der Waals surface area contributed by atoms with Gasteiger partial charge in [-0.25, -0.2) is 4.98 Å². The van der Waals surface area contributed by atoms with Gasteiger partial charge in [0, 0.05) is 11.8 Å². The predicted octanol–water partition coefficient (Wildman–Crippen LogP) is -0.0357. The molecule has 1 heterocycles. The Hall–Kier alpha value is -1.13. The molecule has 12 heavy (non-hydrogen) atoms. The minimum absolute atomic E-state index is 0.116. The fraction of sp³-hybridized carbons (Fsp3) is 0.375. The monoisotopic (exact) mass is 167 g/mol.